The first-order chi connectivity index (χ1) is 18.2. The zero-order valence-electron chi connectivity index (χ0n) is 20.6. The lowest BCUT2D eigenvalue weighted by Crippen LogP contribution is -2.34. The predicted molar refractivity (Wildman–Crippen MR) is 140 cm³/mol. The fourth-order valence-corrected chi connectivity index (χ4v) is 5.43. The van der Waals surface area contributed by atoms with Crippen LogP contribution in [-0.4, -0.2) is 21.4 Å². The van der Waals surface area contributed by atoms with Crippen LogP contribution in [0, 0.1) is 24.5 Å². The summed E-state index contributed by atoms with van der Waals surface area (Å²) >= 11 is 6.10. The fraction of sp³-hybridized carbons (Fsp3) is 0.276. The SMILES string of the molecule is Cc1cc(C(=O)[O-])ccc1NC(=O)[C@H](C1CCCCC1)n1c(-c2ccc(Cl)cc2)nc2cc(F)c(F)cc21. The molecule has 1 aliphatic rings. The first-order valence-electron chi connectivity index (χ1n) is 12.5. The lowest BCUT2D eigenvalue weighted by Gasteiger charge is -2.32. The number of nitrogens with one attached hydrogen (secondary N) is 1. The number of nitrogens with zero attached hydrogens (tertiary/aromatic N) is 2. The smallest absolute Gasteiger partial charge is 0.247 e. The molecule has 0 aliphatic heterocycles. The molecule has 1 aliphatic carbocycles. The maximum Gasteiger partial charge on any atom is 0.247 e. The van der Waals surface area contributed by atoms with E-state index in [-0.39, 0.29) is 22.9 Å². The summed E-state index contributed by atoms with van der Waals surface area (Å²) in [5.41, 5.74) is 2.21. The summed E-state index contributed by atoms with van der Waals surface area (Å²) in [6.45, 7) is 1.70. The van der Waals surface area contributed by atoms with Gasteiger partial charge in [0.25, 0.3) is 0 Å². The van der Waals surface area contributed by atoms with E-state index in [2.05, 4.69) is 10.3 Å². The molecule has 5 rings (SSSR count). The van der Waals surface area contributed by atoms with Gasteiger partial charge in [-0.15, -0.1) is 0 Å². The number of halogens is 3. The van der Waals surface area contributed by atoms with E-state index in [1.54, 1.807) is 35.8 Å². The Labute approximate surface area is 223 Å². The van der Waals surface area contributed by atoms with E-state index >= 15 is 0 Å². The number of anilines is 1. The number of aryl methyl sites for hydroxylation is 1. The van der Waals surface area contributed by atoms with Crippen molar-refractivity contribution in [2.75, 3.05) is 5.32 Å². The molecular formula is C29H25ClF2N3O3-. The minimum absolute atomic E-state index is 0.00691. The molecule has 4 aromatic rings. The van der Waals surface area contributed by atoms with Crippen molar-refractivity contribution in [3.8, 4) is 11.4 Å². The van der Waals surface area contributed by atoms with Gasteiger partial charge in [0.2, 0.25) is 5.91 Å². The van der Waals surface area contributed by atoms with Crippen molar-refractivity contribution in [2.45, 2.75) is 45.1 Å². The second-order valence-corrected chi connectivity index (χ2v) is 10.2. The number of aromatic carboxylic acids is 1. The number of amides is 1. The highest BCUT2D eigenvalue weighted by atomic mass is 35.5. The Morgan fingerprint density at radius 3 is 2.37 bits per heavy atom. The molecule has 1 amide bonds. The summed E-state index contributed by atoms with van der Waals surface area (Å²) in [6.07, 6.45) is 4.51. The van der Waals surface area contributed by atoms with Crippen molar-refractivity contribution in [3.05, 3.63) is 82.4 Å². The van der Waals surface area contributed by atoms with Gasteiger partial charge in [-0.2, -0.15) is 0 Å². The largest absolute Gasteiger partial charge is 0.545 e. The van der Waals surface area contributed by atoms with Crippen LogP contribution in [0.3, 0.4) is 0 Å². The number of carboxylic acid groups (broad SMARTS) is 1. The third-order valence-corrected chi connectivity index (χ3v) is 7.45. The van der Waals surface area contributed by atoms with Gasteiger partial charge in [0, 0.05) is 28.4 Å². The third kappa shape index (κ3) is 5.00. The highest BCUT2D eigenvalue weighted by Gasteiger charge is 2.35. The van der Waals surface area contributed by atoms with Crippen LogP contribution in [0.5, 0.6) is 0 Å². The molecule has 1 saturated carbocycles. The number of carboxylic acids is 1. The topological polar surface area (TPSA) is 87.0 Å². The van der Waals surface area contributed by atoms with Crippen LogP contribution in [0.2, 0.25) is 5.02 Å². The number of carbonyl (C=O) groups is 2. The molecular weight excluding hydrogens is 512 g/mol. The van der Waals surface area contributed by atoms with E-state index in [0.29, 0.717) is 33.2 Å². The zero-order valence-corrected chi connectivity index (χ0v) is 21.4. The molecule has 0 unspecified atom stereocenters. The molecule has 1 heterocycles. The molecule has 6 nitrogen and oxygen atoms in total. The molecule has 1 aromatic heterocycles. The molecule has 1 N–H and O–H groups in total. The first kappa shape index (κ1) is 25.9. The van der Waals surface area contributed by atoms with Crippen LogP contribution < -0.4 is 10.4 Å². The molecule has 1 fully saturated rings. The Balaban J connectivity index is 1.67. The lowest BCUT2D eigenvalue weighted by atomic mass is 9.83. The van der Waals surface area contributed by atoms with E-state index < -0.39 is 23.6 Å². The van der Waals surface area contributed by atoms with Gasteiger partial charge in [0.15, 0.2) is 11.6 Å². The molecule has 0 spiro atoms. The minimum Gasteiger partial charge on any atom is -0.545 e. The third-order valence-electron chi connectivity index (χ3n) is 7.20. The Morgan fingerprint density at radius 2 is 1.71 bits per heavy atom. The van der Waals surface area contributed by atoms with E-state index in [9.17, 15) is 23.5 Å². The van der Waals surface area contributed by atoms with Crippen LogP contribution in [-0.2, 0) is 4.79 Å². The van der Waals surface area contributed by atoms with Gasteiger partial charge < -0.3 is 19.8 Å². The summed E-state index contributed by atoms with van der Waals surface area (Å²) in [5.74, 6) is -3.39. The summed E-state index contributed by atoms with van der Waals surface area (Å²) in [6, 6.07) is 12.6. The predicted octanol–water partition coefficient (Wildman–Crippen LogP) is 6.07. The van der Waals surface area contributed by atoms with Crippen LogP contribution in [0.15, 0.2) is 54.6 Å². The van der Waals surface area contributed by atoms with Crippen LogP contribution in [0.4, 0.5) is 14.5 Å². The molecule has 0 bridgehead atoms. The number of benzene rings is 3. The summed E-state index contributed by atoms with van der Waals surface area (Å²) < 4.78 is 30.4. The number of fused-ring (bicyclic) bond motifs is 1. The summed E-state index contributed by atoms with van der Waals surface area (Å²) in [7, 11) is 0. The fourth-order valence-electron chi connectivity index (χ4n) is 5.30. The maximum atomic E-state index is 14.5. The average Bonchev–Trinajstić information content (AvgIpc) is 3.24. The average molecular weight is 537 g/mol. The van der Waals surface area contributed by atoms with Gasteiger partial charge in [-0.05, 0) is 73.2 Å². The van der Waals surface area contributed by atoms with Gasteiger partial charge >= 0.3 is 0 Å². The van der Waals surface area contributed by atoms with E-state index in [4.69, 9.17) is 11.6 Å². The lowest BCUT2D eigenvalue weighted by molar-refractivity contribution is -0.255. The van der Waals surface area contributed by atoms with Crippen LogP contribution in [0.25, 0.3) is 22.4 Å². The number of imidazole rings is 1. The van der Waals surface area contributed by atoms with Crippen molar-refractivity contribution >= 4 is 40.2 Å². The number of hydrogen-bond donors (Lipinski definition) is 1. The molecule has 1 atom stereocenters. The van der Waals surface area contributed by atoms with Crippen LogP contribution in [0.1, 0.15) is 54.1 Å². The number of aromatic nitrogens is 2. The summed E-state index contributed by atoms with van der Waals surface area (Å²) in [5, 5.41) is 14.7. The molecule has 0 saturated heterocycles. The summed E-state index contributed by atoms with van der Waals surface area (Å²) in [4.78, 5) is 29.9. The minimum atomic E-state index is -1.31. The Hall–Kier alpha value is -3.78. The Kier molecular flexibility index (Phi) is 7.17. The van der Waals surface area contributed by atoms with Crippen molar-refractivity contribution in [1.82, 2.24) is 9.55 Å². The molecule has 9 heteroatoms. The standard InChI is InChI=1S/C29H26ClF2N3O3/c1-16-13-19(29(37)38)9-12-23(16)34-28(36)26(17-5-3-2-4-6-17)35-25-15-22(32)21(31)14-24(25)33-27(35)18-7-10-20(30)11-8-18/h7-15,17,26H,2-6H2,1H3,(H,34,36)(H,37,38)/p-1/t26-/m0/s1. The molecule has 3 aromatic carbocycles. The molecule has 0 radical (unpaired) electrons. The van der Waals surface area contributed by atoms with Gasteiger partial charge in [-0.25, -0.2) is 13.8 Å². The van der Waals surface area contributed by atoms with E-state index in [1.807, 2.05) is 0 Å². The zero-order chi connectivity index (χ0) is 27.0. The van der Waals surface area contributed by atoms with Crippen LogP contribution >= 0.6 is 11.6 Å². The Bertz CT molecular complexity index is 1530. The normalized spacial score (nSPS) is 14.9. The monoisotopic (exact) mass is 536 g/mol. The number of carbonyl (C=O) groups excluding carboxylic acids is 2. The highest BCUT2D eigenvalue weighted by Crippen LogP contribution is 2.39. The van der Waals surface area contributed by atoms with Crippen molar-refractivity contribution < 1.29 is 23.5 Å². The van der Waals surface area contributed by atoms with Crippen molar-refractivity contribution in [2.24, 2.45) is 5.92 Å². The van der Waals surface area contributed by atoms with Crippen molar-refractivity contribution in [3.63, 3.8) is 0 Å². The van der Waals surface area contributed by atoms with E-state index in [0.717, 1.165) is 44.2 Å². The quantitative estimate of drug-likeness (QED) is 0.324. The first-order valence-corrected chi connectivity index (χ1v) is 12.9. The highest BCUT2D eigenvalue weighted by molar-refractivity contribution is 6.30. The van der Waals surface area contributed by atoms with Gasteiger partial charge in [-0.3, -0.25) is 4.79 Å². The Morgan fingerprint density at radius 1 is 1.03 bits per heavy atom. The maximum absolute atomic E-state index is 14.5. The van der Waals surface area contributed by atoms with Gasteiger partial charge in [0.1, 0.15) is 11.9 Å². The number of rotatable bonds is 6. The molecule has 38 heavy (non-hydrogen) atoms. The van der Waals surface area contributed by atoms with Gasteiger partial charge in [-0.1, -0.05) is 36.9 Å². The second-order valence-electron chi connectivity index (χ2n) is 9.72. The second kappa shape index (κ2) is 10.5. The van der Waals surface area contributed by atoms with Gasteiger partial charge in [0.05, 0.1) is 17.0 Å². The molecule has 196 valence electrons. The van der Waals surface area contributed by atoms with Crippen molar-refractivity contribution in [1.29, 1.82) is 0 Å². The number of hydrogen-bond acceptors (Lipinski definition) is 4. The van der Waals surface area contributed by atoms with E-state index in [1.165, 1.54) is 18.2 Å².